The Hall–Kier alpha value is -4.41. The molecule has 10 nitrogen and oxygen atoms in total. The van der Waals surface area contributed by atoms with E-state index < -0.39 is 0 Å². The first-order valence-corrected chi connectivity index (χ1v) is 18.6. The van der Waals surface area contributed by atoms with Crippen LogP contribution < -0.4 is 25.9 Å². The number of anilines is 1. The molecule has 5 aromatic rings. The summed E-state index contributed by atoms with van der Waals surface area (Å²) in [6, 6.07) is 15.5. The summed E-state index contributed by atoms with van der Waals surface area (Å²) >= 11 is 0. The number of aromatic nitrogens is 3. The van der Waals surface area contributed by atoms with Crippen LogP contribution in [-0.4, -0.2) is 82.8 Å². The van der Waals surface area contributed by atoms with Crippen molar-refractivity contribution in [2.45, 2.75) is 77.4 Å². The standard InChI is InChI=1S/C20H27N3O2.C20H23N3O2/c2*1-2-10-23-11-7-14(8-12-23)25-15-5-6-18-17(13-15)19-16(20(24)22-18)4-3-9-21-19/h5-6,13-14,21H,2-4,7-12H2,1H3,(H,22,24);3-6,9,13-14H,2,7-8,10-12H2,1H3,(H,22,24). The maximum absolute atomic E-state index is 12.2. The second-order valence-corrected chi connectivity index (χ2v) is 13.9. The SMILES string of the molecule is CCCN1CCC(Oc2ccc3[nH]c(=O)c4c(c3c2)NCCC4)CC1.CCCN1CCC(Oc2ccc3[nH]c(=O)c4cccnc4c3c2)CC1. The van der Waals surface area contributed by atoms with Gasteiger partial charge >= 0.3 is 0 Å². The summed E-state index contributed by atoms with van der Waals surface area (Å²) in [6.07, 6.45) is 10.8. The van der Waals surface area contributed by atoms with E-state index in [1.54, 1.807) is 18.3 Å². The fourth-order valence-corrected chi connectivity index (χ4v) is 7.72. The molecular weight excluding hydrogens is 628 g/mol. The van der Waals surface area contributed by atoms with Gasteiger partial charge in [-0.05, 0) is 113 Å². The average Bonchev–Trinajstić information content (AvgIpc) is 3.15. The van der Waals surface area contributed by atoms with Crippen molar-refractivity contribution in [3.8, 4) is 11.5 Å². The number of nitrogens with zero attached hydrogens (tertiary/aromatic N) is 3. The van der Waals surface area contributed by atoms with Crippen molar-refractivity contribution >= 4 is 38.4 Å². The summed E-state index contributed by atoms with van der Waals surface area (Å²) < 4.78 is 12.5. The fraction of sp³-hybridized carbons (Fsp3) is 0.475. The van der Waals surface area contributed by atoms with E-state index in [0.717, 1.165) is 121 Å². The molecule has 10 heteroatoms. The Kier molecular flexibility index (Phi) is 10.7. The van der Waals surface area contributed by atoms with E-state index in [1.807, 2.05) is 30.3 Å². The highest BCUT2D eigenvalue weighted by Gasteiger charge is 2.22. The van der Waals surface area contributed by atoms with Gasteiger partial charge in [0.2, 0.25) is 0 Å². The maximum atomic E-state index is 12.2. The van der Waals surface area contributed by atoms with E-state index in [1.165, 1.54) is 25.9 Å². The van der Waals surface area contributed by atoms with Crippen LogP contribution in [0.3, 0.4) is 0 Å². The molecule has 8 rings (SSSR count). The molecule has 2 fully saturated rings. The zero-order chi connectivity index (χ0) is 34.5. The van der Waals surface area contributed by atoms with E-state index in [-0.39, 0.29) is 23.3 Å². The number of H-pyrrole nitrogens is 2. The third kappa shape index (κ3) is 7.66. The Morgan fingerprint density at radius 3 is 1.94 bits per heavy atom. The van der Waals surface area contributed by atoms with Gasteiger partial charge in [-0.15, -0.1) is 0 Å². The number of pyridine rings is 3. The minimum Gasteiger partial charge on any atom is -0.490 e. The largest absolute Gasteiger partial charge is 0.490 e. The van der Waals surface area contributed by atoms with Crippen molar-refractivity contribution in [1.82, 2.24) is 24.8 Å². The van der Waals surface area contributed by atoms with Crippen LogP contribution in [0.2, 0.25) is 0 Å². The van der Waals surface area contributed by atoms with E-state index in [2.05, 4.69) is 50.0 Å². The van der Waals surface area contributed by atoms with Crippen molar-refractivity contribution in [1.29, 1.82) is 0 Å². The van der Waals surface area contributed by atoms with Gasteiger partial charge in [0, 0.05) is 55.3 Å². The number of hydrogen-bond acceptors (Lipinski definition) is 8. The molecular formula is C40H50N6O4. The van der Waals surface area contributed by atoms with Crippen LogP contribution in [0.15, 0.2) is 64.3 Å². The maximum Gasteiger partial charge on any atom is 0.257 e. The van der Waals surface area contributed by atoms with Gasteiger partial charge in [0.25, 0.3) is 11.1 Å². The van der Waals surface area contributed by atoms with Gasteiger partial charge in [-0.25, -0.2) is 0 Å². The third-order valence-electron chi connectivity index (χ3n) is 10.3. The number of nitrogens with one attached hydrogen (secondary N) is 3. The number of likely N-dealkylation sites (tertiary alicyclic amines) is 2. The fourth-order valence-electron chi connectivity index (χ4n) is 7.72. The van der Waals surface area contributed by atoms with Gasteiger partial charge in [-0.3, -0.25) is 14.6 Å². The number of aromatic amines is 2. The number of ether oxygens (including phenoxy) is 2. The van der Waals surface area contributed by atoms with Gasteiger partial charge < -0.3 is 34.6 Å². The molecule has 3 aliphatic rings. The topological polar surface area (TPSA) is 116 Å². The minimum atomic E-state index is -0.104. The molecule has 2 aromatic carbocycles. The monoisotopic (exact) mass is 678 g/mol. The summed E-state index contributed by atoms with van der Waals surface area (Å²) in [5, 5.41) is 6.02. The van der Waals surface area contributed by atoms with Crippen LogP contribution in [0.4, 0.5) is 5.69 Å². The van der Waals surface area contributed by atoms with Gasteiger partial charge in [0.1, 0.15) is 23.7 Å². The van der Waals surface area contributed by atoms with Crippen LogP contribution >= 0.6 is 0 Å². The lowest BCUT2D eigenvalue weighted by atomic mass is 10.0. The van der Waals surface area contributed by atoms with E-state index in [9.17, 15) is 9.59 Å². The quantitative estimate of drug-likeness (QED) is 0.160. The molecule has 3 aliphatic heterocycles. The second-order valence-electron chi connectivity index (χ2n) is 13.9. The Labute approximate surface area is 293 Å². The van der Waals surface area contributed by atoms with Gasteiger partial charge in [0.15, 0.2) is 0 Å². The molecule has 3 N–H and O–H groups in total. The molecule has 2 saturated heterocycles. The van der Waals surface area contributed by atoms with Crippen molar-refractivity contribution in [3.63, 3.8) is 0 Å². The van der Waals surface area contributed by atoms with Gasteiger partial charge in [-0.1, -0.05) is 13.8 Å². The Morgan fingerprint density at radius 1 is 0.740 bits per heavy atom. The Balaban J connectivity index is 0.000000157. The zero-order valence-corrected chi connectivity index (χ0v) is 29.4. The molecule has 0 spiro atoms. The number of benzene rings is 2. The van der Waals surface area contributed by atoms with Crippen LogP contribution in [-0.2, 0) is 6.42 Å². The molecule has 0 atom stereocenters. The number of rotatable bonds is 8. The first-order chi connectivity index (χ1) is 24.5. The Bertz CT molecular complexity index is 2040. The summed E-state index contributed by atoms with van der Waals surface area (Å²) in [7, 11) is 0. The highest BCUT2D eigenvalue weighted by atomic mass is 16.5. The van der Waals surface area contributed by atoms with Crippen molar-refractivity contribution in [2.75, 3.05) is 51.1 Å². The van der Waals surface area contributed by atoms with E-state index in [4.69, 9.17) is 9.47 Å². The number of hydrogen-bond donors (Lipinski definition) is 3. The molecule has 6 heterocycles. The summed E-state index contributed by atoms with van der Waals surface area (Å²) in [6.45, 7) is 12.2. The predicted octanol–water partition coefficient (Wildman–Crippen LogP) is 6.47. The molecule has 0 aliphatic carbocycles. The number of piperidine rings is 2. The summed E-state index contributed by atoms with van der Waals surface area (Å²) in [5.41, 5.74) is 4.20. The van der Waals surface area contributed by atoms with Crippen LogP contribution in [0.25, 0.3) is 32.7 Å². The van der Waals surface area contributed by atoms with Gasteiger partial charge in [0.05, 0.1) is 27.6 Å². The number of fused-ring (bicyclic) bond motifs is 6. The van der Waals surface area contributed by atoms with Crippen LogP contribution in [0, 0.1) is 0 Å². The first-order valence-electron chi connectivity index (χ1n) is 18.6. The second kappa shape index (κ2) is 15.6. The molecule has 264 valence electrons. The van der Waals surface area contributed by atoms with Crippen LogP contribution in [0.5, 0.6) is 11.5 Å². The lowest BCUT2D eigenvalue weighted by molar-refractivity contribution is 0.101. The van der Waals surface area contributed by atoms with Crippen molar-refractivity contribution in [3.05, 3.63) is 81.0 Å². The summed E-state index contributed by atoms with van der Waals surface area (Å²) in [5.74, 6) is 1.75. The minimum absolute atomic E-state index is 0.0339. The molecule has 0 amide bonds. The van der Waals surface area contributed by atoms with Crippen LogP contribution in [0.1, 0.15) is 64.4 Å². The molecule has 0 bridgehead atoms. The molecule has 0 unspecified atom stereocenters. The smallest absolute Gasteiger partial charge is 0.257 e. The average molecular weight is 679 g/mol. The Morgan fingerprint density at radius 2 is 1.32 bits per heavy atom. The predicted molar refractivity (Wildman–Crippen MR) is 202 cm³/mol. The lowest BCUT2D eigenvalue weighted by Crippen LogP contribution is -2.38. The van der Waals surface area contributed by atoms with Crippen molar-refractivity contribution < 1.29 is 9.47 Å². The van der Waals surface area contributed by atoms with Gasteiger partial charge in [-0.2, -0.15) is 0 Å². The first kappa shape index (κ1) is 34.1. The van der Waals surface area contributed by atoms with Crippen molar-refractivity contribution in [2.24, 2.45) is 0 Å². The molecule has 0 radical (unpaired) electrons. The third-order valence-corrected chi connectivity index (χ3v) is 10.3. The zero-order valence-electron chi connectivity index (χ0n) is 29.4. The molecule has 0 saturated carbocycles. The molecule has 3 aromatic heterocycles. The highest BCUT2D eigenvalue weighted by Crippen LogP contribution is 2.31. The van der Waals surface area contributed by atoms with E-state index >= 15 is 0 Å². The lowest BCUT2D eigenvalue weighted by Gasteiger charge is -2.32. The normalized spacial score (nSPS) is 17.6. The molecule has 50 heavy (non-hydrogen) atoms. The highest BCUT2D eigenvalue weighted by molar-refractivity contribution is 6.03. The van der Waals surface area contributed by atoms with E-state index in [0.29, 0.717) is 5.39 Å². The summed E-state index contributed by atoms with van der Waals surface area (Å²) in [4.78, 5) is 39.7.